The summed E-state index contributed by atoms with van der Waals surface area (Å²) in [7, 11) is 0. The molecule has 0 aromatic heterocycles. The smallest absolute Gasteiger partial charge is 0.141 e. The van der Waals surface area contributed by atoms with E-state index >= 15 is 0 Å². The fraction of sp³-hybridized carbons (Fsp3) is 0.333. The van der Waals surface area contributed by atoms with Crippen LogP contribution in [0.4, 0.5) is 0 Å². The lowest BCUT2D eigenvalue weighted by Crippen LogP contribution is -1.86. The molecule has 0 spiro atoms. The van der Waals surface area contributed by atoms with Crippen molar-refractivity contribution >= 4 is 11.6 Å². The van der Waals surface area contributed by atoms with Crippen LogP contribution in [0.5, 0.6) is 5.75 Å². The quantitative estimate of drug-likeness (QED) is 0.684. The molecule has 0 atom stereocenters. The molecule has 0 fully saturated rings. The van der Waals surface area contributed by atoms with Gasteiger partial charge in [-0.1, -0.05) is 16.8 Å². The maximum absolute atomic E-state index is 10.1. The summed E-state index contributed by atoms with van der Waals surface area (Å²) in [6.45, 7) is 0.847. The molecule has 1 aliphatic heterocycles. The predicted molar refractivity (Wildman–Crippen MR) is 50.2 cm³/mol. The van der Waals surface area contributed by atoms with Crippen LogP contribution in [-0.4, -0.2) is 6.61 Å². The molecule has 68 valence electrons. The Morgan fingerprint density at radius 3 is 3.15 bits per heavy atom. The van der Waals surface area contributed by atoms with Gasteiger partial charge in [0.05, 0.1) is 11.6 Å². The number of hydrogen-bond acceptors (Lipinski definition) is 3. The lowest BCUT2D eigenvalue weighted by atomic mass is 10.1. The molecular formula is C9H8ClNO2. The first-order valence-corrected chi connectivity index (χ1v) is 4.42. The maximum Gasteiger partial charge on any atom is 0.141 e. The van der Waals surface area contributed by atoms with Crippen molar-refractivity contribution in [3.05, 3.63) is 33.2 Å². The lowest BCUT2D eigenvalue weighted by Gasteiger charge is -2.03. The van der Waals surface area contributed by atoms with Crippen molar-refractivity contribution in [2.75, 3.05) is 6.61 Å². The molecule has 1 heterocycles. The zero-order chi connectivity index (χ0) is 9.26. The average Bonchev–Trinajstić information content (AvgIpc) is 2.53. The van der Waals surface area contributed by atoms with Gasteiger partial charge in [-0.25, -0.2) is 0 Å². The molecule has 1 aromatic carbocycles. The molecule has 0 saturated heterocycles. The fourth-order valence-electron chi connectivity index (χ4n) is 1.49. The molecule has 1 aliphatic rings. The summed E-state index contributed by atoms with van der Waals surface area (Å²) < 4.78 is 5.32. The highest BCUT2D eigenvalue weighted by Gasteiger charge is 2.16. The molecule has 0 aliphatic carbocycles. The minimum Gasteiger partial charge on any atom is -0.491 e. The summed E-state index contributed by atoms with van der Waals surface area (Å²) in [6, 6.07) is 3.66. The normalized spacial score (nSPS) is 13.6. The Morgan fingerprint density at radius 2 is 2.38 bits per heavy atom. The Bertz CT molecular complexity index is 352. The van der Waals surface area contributed by atoms with E-state index in [1.807, 2.05) is 6.07 Å². The number of nitroso groups, excluding NO2 is 1. The van der Waals surface area contributed by atoms with Gasteiger partial charge in [-0.2, -0.15) is 4.91 Å². The SMILES string of the molecule is O=NCc1cc(Cl)c2c(c1)CCO2. The van der Waals surface area contributed by atoms with Crippen LogP contribution in [0.15, 0.2) is 17.3 Å². The number of hydrogen-bond donors (Lipinski definition) is 0. The zero-order valence-electron chi connectivity index (χ0n) is 6.92. The van der Waals surface area contributed by atoms with Crippen molar-refractivity contribution in [1.82, 2.24) is 0 Å². The van der Waals surface area contributed by atoms with Crippen molar-refractivity contribution in [2.24, 2.45) is 5.18 Å². The van der Waals surface area contributed by atoms with Crippen LogP contribution in [0, 0.1) is 4.91 Å². The van der Waals surface area contributed by atoms with Gasteiger partial charge in [-0.3, -0.25) is 0 Å². The monoisotopic (exact) mass is 197 g/mol. The van der Waals surface area contributed by atoms with Crippen molar-refractivity contribution in [3.63, 3.8) is 0 Å². The van der Waals surface area contributed by atoms with E-state index in [-0.39, 0.29) is 6.54 Å². The highest BCUT2D eigenvalue weighted by atomic mass is 35.5. The number of nitrogens with zero attached hydrogens (tertiary/aromatic N) is 1. The van der Waals surface area contributed by atoms with E-state index < -0.39 is 0 Å². The van der Waals surface area contributed by atoms with Crippen LogP contribution in [-0.2, 0) is 13.0 Å². The molecule has 0 unspecified atom stereocenters. The van der Waals surface area contributed by atoms with Crippen LogP contribution < -0.4 is 4.74 Å². The maximum atomic E-state index is 10.1. The predicted octanol–water partition coefficient (Wildman–Crippen LogP) is 2.54. The Kier molecular flexibility index (Phi) is 2.19. The summed E-state index contributed by atoms with van der Waals surface area (Å²) in [4.78, 5) is 10.1. The second-order valence-corrected chi connectivity index (χ2v) is 3.36. The third kappa shape index (κ3) is 1.52. The minimum absolute atomic E-state index is 0.174. The van der Waals surface area contributed by atoms with Gasteiger partial charge in [0.1, 0.15) is 12.3 Å². The molecule has 13 heavy (non-hydrogen) atoms. The van der Waals surface area contributed by atoms with Crippen LogP contribution in [0.3, 0.4) is 0 Å². The van der Waals surface area contributed by atoms with Crippen molar-refractivity contribution in [1.29, 1.82) is 0 Å². The Labute approximate surface area is 80.6 Å². The molecular weight excluding hydrogens is 190 g/mol. The Balaban J connectivity index is 2.43. The van der Waals surface area contributed by atoms with E-state index in [1.54, 1.807) is 6.07 Å². The van der Waals surface area contributed by atoms with E-state index in [2.05, 4.69) is 5.18 Å². The van der Waals surface area contributed by atoms with E-state index in [9.17, 15) is 4.91 Å². The Hall–Kier alpha value is -1.09. The summed E-state index contributed by atoms with van der Waals surface area (Å²) in [5, 5.41) is 3.40. The number of fused-ring (bicyclic) bond motifs is 1. The third-order valence-corrected chi connectivity index (χ3v) is 2.33. The standard InChI is InChI=1S/C9H8ClNO2/c10-8-4-6(5-11-12)3-7-1-2-13-9(7)8/h3-4H,1-2,5H2. The summed E-state index contributed by atoms with van der Waals surface area (Å²) in [5.74, 6) is 0.760. The van der Waals surface area contributed by atoms with Gasteiger partial charge in [-0.05, 0) is 23.3 Å². The van der Waals surface area contributed by atoms with Gasteiger partial charge >= 0.3 is 0 Å². The molecule has 0 saturated carbocycles. The average molecular weight is 198 g/mol. The van der Waals surface area contributed by atoms with Gasteiger partial charge in [0.2, 0.25) is 0 Å². The molecule has 0 N–H and O–H groups in total. The van der Waals surface area contributed by atoms with Gasteiger partial charge in [-0.15, -0.1) is 0 Å². The van der Waals surface area contributed by atoms with Gasteiger partial charge in [0, 0.05) is 6.42 Å². The van der Waals surface area contributed by atoms with E-state index in [4.69, 9.17) is 16.3 Å². The molecule has 3 nitrogen and oxygen atoms in total. The molecule has 0 amide bonds. The van der Waals surface area contributed by atoms with Gasteiger partial charge in [0.15, 0.2) is 0 Å². The van der Waals surface area contributed by atoms with Crippen molar-refractivity contribution in [2.45, 2.75) is 13.0 Å². The van der Waals surface area contributed by atoms with Crippen LogP contribution in [0.25, 0.3) is 0 Å². The molecule has 4 heteroatoms. The molecule has 1 aromatic rings. The van der Waals surface area contributed by atoms with Crippen molar-refractivity contribution in [3.8, 4) is 5.75 Å². The topological polar surface area (TPSA) is 38.7 Å². The first kappa shape index (κ1) is 8.51. The van der Waals surface area contributed by atoms with Gasteiger partial charge in [0.25, 0.3) is 0 Å². The van der Waals surface area contributed by atoms with Crippen LogP contribution >= 0.6 is 11.6 Å². The van der Waals surface area contributed by atoms with Crippen LogP contribution in [0.2, 0.25) is 5.02 Å². The molecule has 0 radical (unpaired) electrons. The third-order valence-electron chi connectivity index (χ3n) is 2.05. The largest absolute Gasteiger partial charge is 0.491 e. The number of ether oxygens (including phenoxy) is 1. The fourth-order valence-corrected chi connectivity index (χ4v) is 1.80. The zero-order valence-corrected chi connectivity index (χ0v) is 7.67. The first-order chi connectivity index (χ1) is 6.31. The Morgan fingerprint density at radius 1 is 1.54 bits per heavy atom. The number of rotatable bonds is 2. The number of halogens is 1. The lowest BCUT2D eigenvalue weighted by molar-refractivity contribution is 0.357. The highest BCUT2D eigenvalue weighted by Crippen LogP contribution is 2.34. The van der Waals surface area contributed by atoms with E-state index in [0.29, 0.717) is 11.6 Å². The highest BCUT2D eigenvalue weighted by molar-refractivity contribution is 6.32. The molecule has 2 rings (SSSR count). The second kappa shape index (κ2) is 3.34. The van der Waals surface area contributed by atoms with Gasteiger partial charge < -0.3 is 4.74 Å². The summed E-state index contributed by atoms with van der Waals surface area (Å²) in [5.41, 5.74) is 1.93. The summed E-state index contributed by atoms with van der Waals surface area (Å²) >= 11 is 5.94. The van der Waals surface area contributed by atoms with E-state index in [1.165, 1.54) is 0 Å². The second-order valence-electron chi connectivity index (χ2n) is 2.95. The van der Waals surface area contributed by atoms with Crippen LogP contribution in [0.1, 0.15) is 11.1 Å². The van der Waals surface area contributed by atoms with E-state index in [0.717, 1.165) is 23.3 Å². The first-order valence-electron chi connectivity index (χ1n) is 4.04. The molecule has 0 bridgehead atoms. The minimum atomic E-state index is 0.174. The van der Waals surface area contributed by atoms with Crippen molar-refractivity contribution < 1.29 is 4.74 Å². The summed E-state index contributed by atoms with van der Waals surface area (Å²) in [6.07, 6.45) is 0.863. The number of benzene rings is 1.